The Morgan fingerprint density at radius 1 is 0.964 bits per heavy atom. The number of rotatable bonds is 7. The number of nitrogens with zero attached hydrogens (tertiary/aromatic N) is 2. The van der Waals surface area contributed by atoms with Crippen LogP contribution in [-0.4, -0.2) is 11.5 Å². The molecule has 0 spiro atoms. The Bertz CT molecular complexity index is 967. The molecule has 2 heterocycles. The predicted molar refractivity (Wildman–Crippen MR) is 120 cm³/mol. The van der Waals surface area contributed by atoms with Crippen LogP contribution in [0.25, 0.3) is 0 Å². The van der Waals surface area contributed by atoms with Crippen LogP contribution in [0, 0.1) is 0 Å². The van der Waals surface area contributed by atoms with E-state index in [0.717, 1.165) is 46.0 Å². The second kappa shape index (κ2) is 9.22. The van der Waals surface area contributed by atoms with Gasteiger partial charge in [-0.25, -0.2) is 4.98 Å². The maximum atomic E-state index is 5.96. The summed E-state index contributed by atoms with van der Waals surface area (Å²) in [6.45, 7) is 1.32. The van der Waals surface area contributed by atoms with Crippen molar-refractivity contribution in [1.82, 2.24) is 4.98 Å². The lowest BCUT2D eigenvalue weighted by molar-refractivity contribution is 0.208. The molecule has 1 aromatic heterocycles. The summed E-state index contributed by atoms with van der Waals surface area (Å²) in [6, 6.07) is 20.8. The Labute approximate surface area is 178 Å². The molecule has 1 aliphatic rings. The van der Waals surface area contributed by atoms with Crippen molar-refractivity contribution >= 4 is 32.4 Å². The highest BCUT2D eigenvalue weighted by Crippen LogP contribution is 2.29. The number of allylic oxidation sites excluding steroid dienone is 1. The van der Waals surface area contributed by atoms with Gasteiger partial charge in [-0.05, 0) is 46.0 Å². The van der Waals surface area contributed by atoms with Gasteiger partial charge in [0.05, 0.1) is 10.2 Å². The molecule has 5 heteroatoms. The van der Waals surface area contributed by atoms with Crippen LogP contribution in [0.5, 0.6) is 0 Å². The Morgan fingerprint density at radius 2 is 1.68 bits per heavy atom. The van der Waals surface area contributed by atoms with E-state index in [-0.39, 0.29) is 0 Å². The van der Waals surface area contributed by atoms with Gasteiger partial charge in [0, 0.05) is 18.1 Å². The van der Waals surface area contributed by atoms with E-state index in [2.05, 4.69) is 81.0 Å². The Kier molecular flexibility index (Phi) is 6.24. The number of thiazole rings is 1. The molecular formula is C23H21BrN2OS. The molecule has 0 aliphatic carbocycles. The summed E-state index contributed by atoms with van der Waals surface area (Å²) in [5, 5.41) is 3.17. The molecule has 28 heavy (non-hydrogen) atoms. The van der Waals surface area contributed by atoms with Gasteiger partial charge < -0.3 is 9.64 Å². The van der Waals surface area contributed by atoms with Crippen LogP contribution in [-0.2, 0) is 24.2 Å². The fourth-order valence-electron chi connectivity index (χ4n) is 2.99. The van der Waals surface area contributed by atoms with E-state index in [1.54, 1.807) is 11.3 Å². The standard InChI is InChI=1S/C23H21BrN2OS/c24-21-15-26(14-13-22(21)27-16-19-9-5-2-6-10-19)23-25-20(17-28-23)12-11-18-7-3-1-4-8-18/h1-10,13,15,17H,11-12,14,16H2. The number of ether oxygens (including phenoxy) is 1. The predicted octanol–water partition coefficient (Wildman–Crippen LogP) is 6.09. The van der Waals surface area contributed by atoms with E-state index in [1.807, 2.05) is 18.2 Å². The van der Waals surface area contributed by atoms with Crippen LogP contribution < -0.4 is 4.90 Å². The average molecular weight is 453 g/mol. The molecule has 3 nitrogen and oxygen atoms in total. The van der Waals surface area contributed by atoms with E-state index < -0.39 is 0 Å². The first-order valence-electron chi connectivity index (χ1n) is 9.27. The first kappa shape index (κ1) is 19.0. The topological polar surface area (TPSA) is 25.4 Å². The minimum Gasteiger partial charge on any atom is -0.488 e. The molecule has 0 unspecified atom stereocenters. The normalized spacial score (nSPS) is 13.8. The van der Waals surface area contributed by atoms with Gasteiger partial charge in [-0.2, -0.15) is 0 Å². The van der Waals surface area contributed by atoms with Gasteiger partial charge in [0.25, 0.3) is 0 Å². The maximum absolute atomic E-state index is 5.96. The number of aromatic nitrogens is 1. The molecule has 0 N–H and O–H groups in total. The van der Waals surface area contributed by atoms with Gasteiger partial charge in [-0.3, -0.25) is 0 Å². The Hall–Kier alpha value is -2.37. The minimum atomic E-state index is 0.566. The van der Waals surface area contributed by atoms with E-state index in [0.29, 0.717) is 6.61 Å². The van der Waals surface area contributed by atoms with Crippen molar-refractivity contribution in [2.75, 3.05) is 11.4 Å². The second-order valence-electron chi connectivity index (χ2n) is 6.58. The Balaban J connectivity index is 1.33. The highest BCUT2D eigenvalue weighted by Gasteiger charge is 2.16. The number of benzene rings is 2. The van der Waals surface area contributed by atoms with Gasteiger partial charge in [-0.1, -0.05) is 60.7 Å². The number of aryl methyl sites for hydroxylation is 2. The molecule has 0 amide bonds. The lowest BCUT2D eigenvalue weighted by Gasteiger charge is -2.22. The quantitative estimate of drug-likeness (QED) is 0.433. The van der Waals surface area contributed by atoms with Crippen molar-refractivity contribution in [3.8, 4) is 0 Å². The third-order valence-electron chi connectivity index (χ3n) is 4.51. The molecule has 142 valence electrons. The van der Waals surface area contributed by atoms with Crippen LogP contribution in [0.1, 0.15) is 16.8 Å². The van der Waals surface area contributed by atoms with E-state index in [4.69, 9.17) is 9.72 Å². The molecule has 1 aliphatic heterocycles. The van der Waals surface area contributed by atoms with Crippen LogP contribution in [0.15, 0.2) is 88.6 Å². The zero-order valence-electron chi connectivity index (χ0n) is 15.4. The molecule has 3 aromatic rings. The molecule has 0 saturated heterocycles. The first-order chi connectivity index (χ1) is 13.8. The summed E-state index contributed by atoms with van der Waals surface area (Å²) >= 11 is 5.32. The van der Waals surface area contributed by atoms with E-state index in [9.17, 15) is 0 Å². The van der Waals surface area contributed by atoms with Crippen molar-refractivity contribution in [2.24, 2.45) is 0 Å². The van der Waals surface area contributed by atoms with Crippen molar-refractivity contribution in [3.63, 3.8) is 0 Å². The summed E-state index contributed by atoms with van der Waals surface area (Å²) in [5.74, 6) is 0.876. The fourth-order valence-corrected chi connectivity index (χ4v) is 4.36. The largest absolute Gasteiger partial charge is 0.488 e. The highest BCUT2D eigenvalue weighted by molar-refractivity contribution is 9.12. The van der Waals surface area contributed by atoms with Crippen LogP contribution in [0.3, 0.4) is 0 Å². The van der Waals surface area contributed by atoms with E-state index in [1.165, 1.54) is 5.56 Å². The summed E-state index contributed by atoms with van der Waals surface area (Å²) < 4.78 is 6.90. The molecule has 0 fully saturated rings. The SMILES string of the molecule is BrC1=CN(c2nc(CCc3ccccc3)cs2)CC=C1OCc1ccccc1. The molecule has 2 aromatic carbocycles. The average Bonchev–Trinajstić information content (AvgIpc) is 3.22. The van der Waals surface area contributed by atoms with Crippen LogP contribution >= 0.6 is 27.3 Å². The van der Waals surface area contributed by atoms with Gasteiger partial charge in [0.2, 0.25) is 0 Å². The Morgan fingerprint density at radius 3 is 2.39 bits per heavy atom. The smallest absolute Gasteiger partial charge is 0.189 e. The van der Waals surface area contributed by atoms with Gasteiger partial charge >= 0.3 is 0 Å². The second-order valence-corrected chi connectivity index (χ2v) is 8.27. The number of hydrogen-bond acceptors (Lipinski definition) is 4. The summed E-state index contributed by atoms with van der Waals surface area (Å²) in [6.07, 6.45) is 6.12. The molecule has 4 rings (SSSR count). The number of halogens is 1. The van der Waals surface area contributed by atoms with Crippen molar-refractivity contribution in [1.29, 1.82) is 0 Å². The molecule has 0 radical (unpaired) electrons. The number of anilines is 1. The zero-order valence-corrected chi connectivity index (χ0v) is 17.8. The lowest BCUT2D eigenvalue weighted by Crippen LogP contribution is -2.20. The summed E-state index contributed by atoms with van der Waals surface area (Å²) in [7, 11) is 0. The minimum absolute atomic E-state index is 0.566. The molecular weight excluding hydrogens is 432 g/mol. The van der Waals surface area contributed by atoms with Gasteiger partial charge in [-0.15, -0.1) is 11.3 Å². The van der Waals surface area contributed by atoms with Crippen LogP contribution in [0.4, 0.5) is 5.13 Å². The lowest BCUT2D eigenvalue weighted by atomic mass is 10.1. The van der Waals surface area contributed by atoms with Gasteiger partial charge in [0.15, 0.2) is 5.13 Å². The maximum Gasteiger partial charge on any atom is 0.189 e. The summed E-state index contributed by atoms with van der Waals surface area (Å²) in [5.41, 5.74) is 3.65. The molecule has 0 atom stereocenters. The fraction of sp³-hybridized carbons (Fsp3) is 0.174. The van der Waals surface area contributed by atoms with Crippen molar-refractivity contribution < 1.29 is 4.74 Å². The number of hydrogen-bond donors (Lipinski definition) is 0. The highest BCUT2D eigenvalue weighted by atomic mass is 79.9. The van der Waals surface area contributed by atoms with Crippen molar-refractivity contribution in [2.45, 2.75) is 19.4 Å². The van der Waals surface area contributed by atoms with Gasteiger partial charge in [0.1, 0.15) is 12.4 Å². The van der Waals surface area contributed by atoms with Crippen molar-refractivity contribution in [3.05, 3.63) is 105 Å². The third kappa shape index (κ3) is 4.91. The van der Waals surface area contributed by atoms with Crippen LogP contribution in [0.2, 0.25) is 0 Å². The molecule has 0 bridgehead atoms. The summed E-state index contributed by atoms with van der Waals surface area (Å²) in [4.78, 5) is 6.96. The first-order valence-corrected chi connectivity index (χ1v) is 10.9. The van der Waals surface area contributed by atoms with E-state index >= 15 is 0 Å². The third-order valence-corrected chi connectivity index (χ3v) is 6.04. The molecule has 0 saturated carbocycles. The monoisotopic (exact) mass is 452 g/mol. The zero-order chi connectivity index (χ0) is 19.2.